The average molecular weight is 397 g/mol. The molecule has 1 aliphatic rings. The fourth-order valence-electron chi connectivity index (χ4n) is 4.35. The van der Waals surface area contributed by atoms with Crippen LogP contribution in [0.3, 0.4) is 0 Å². The second-order valence-corrected chi connectivity index (χ2v) is 16.0. The van der Waals surface area contributed by atoms with Crippen molar-refractivity contribution in [2.24, 2.45) is 5.92 Å². The zero-order valence-electron chi connectivity index (χ0n) is 14.1. The molecule has 122 valence electrons. The van der Waals surface area contributed by atoms with Gasteiger partial charge in [-0.15, -0.1) is 0 Å². The van der Waals surface area contributed by atoms with Gasteiger partial charge in [-0.1, -0.05) is 0 Å². The monoisotopic (exact) mass is 396 g/mol. The predicted molar refractivity (Wildman–Crippen MR) is 113 cm³/mol. The first-order valence-corrected chi connectivity index (χ1v) is 13.0. The van der Waals surface area contributed by atoms with E-state index in [4.69, 9.17) is 0 Å². The molecule has 0 N–H and O–H groups in total. The summed E-state index contributed by atoms with van der Waals surface area (Å²) in [6, 6.07) is 29.1. The molecule has 4 rings (SSSR count). The number of hydrogen-bond donors (Lipinski definition) is 0. The van der Waals surface area contributed by atoms with Crippen molar-refractivity contribution in [2.75, 3.05) is 6.16 Å². The molecule has 0 aliphatic carbocycles. The maximum absolute atomic E-state index is 4.49. The summed E-state index contributed by atoms with van der Waals surface area (Å²) in [5.74, 6) is 0.599. The molecule has 0 nitrogen and oxygen atoms in total. The van der Waals surface area contributed by atoms with Crippen molar-refractivity contribution in [1.29, 1.82) is 0 Å². The molecule has 0 unspecified atom stereocenters. The van der Waals surface area contributed by atoms with Crippen LogP contribution in [0, 0.1) is 5.92 Å². The summed E-state index contributed by atoms with van der Waals surface area (Å²) in [6.07, 6.45) is 1.14. The van der Waals surface area contributed by atoms with Crippen molar-refractivity contribution in [3.05, 3.63) is 78.9 Å². The fraction of sp³-hybridized carbons (Fsp3) is 0.182. The summed E-state index contributed by atoms with van der Waals surface area (Å²) in [5.41, 5.74) is 2.79. The van der Waals surface area contributed by atoms with Crippen LogP contribution in [0.5, 0.6) is 0 Å². The Morgan fingerprint density at radius 2 is 1.17 bits per heavy atom. The van der Waals surface area contributed by atoms with Gasteiger partial charge in [0.25, 0.3) is 0 Å². The molecule has 0 fully saturated rings. The predicted octanol–water partition coefficient (Wildman–Crippen LogP) is 5.46. The zero-order valence-corrected chi connectivity index (χ0v) is 16.6. The fourth-order valence-corrected chi connectivity index (χ4v) is 14.4. The molecular formula is C22H22BrP. The van der Waals surface area contributed by atoms with Crippen LogP contribution in [-0.2, 0) is 0 Å². The Hall–Kier alpha value is -1.43. The first-order valence-electron chi connectivity index (χ1n) is 8.53. The van der Waals surface area contributed by atoms with Gasteiger partial charge in [-0.05, 0) is 0 Å². The van der Waals surface area contributed by atoms with Crippen LogP contribution in [0.4, 0.5) is 0 Å². The van der Waals surface area contributed by atoms with E-state index in [2.05, 4.69) is 108 Å². The second-order valence-electron chi connectivity index (χ2n) is 7.13. The quantitative estimate of drug-likeness (QED) is 0.515. The standard InChI is InChI=1S/C22H22BrP/c1-17(2)16-24(23,18-10-4-3-5-11-18)21-14-8-6-12-19(21)20-13-7-9-15-22(20)24/h3-15,17H,16H2,1-2H3. The van der Waals surface area contributed by atoms with Gasteiger partial charge >= 0.3 is 153 Å². The van der Waals surface area contributed by atoms with Crippen LogP contribution in [0.15, 0.2) is 78.9 Å². The first kappa shape index (κ1) is 16.1. The first-order chi connectivity index (χ1) is 11.6. The Morgan fingerprint density at radius 3 is 1.67 bits per heavy atom. The Balaban J connectivity index is 2.19. The van der Waals surface area contributed by atoms with E-state index in [1.54, 1.807) is 0 Å². The molecule has 3 aromatic rings. The number of rotatable bonds is 3. The van der Waals surface area contributed by atoms with Gasteiger partial charge in [0.1, 0.15) is 0 Å². The van der Waals surface area contributed by atoms with E-state index in [0.29, 0.717) is 5.92 Å². The van der Waals surface area contributed by atoms with E-state index < -0.39 is 5.31 Å². The van der Waals surface area contributed by atoms with Crippen LogP contribution in [0.25, 0.3) is 11.1 Å². The SMILES string of the molecule is CC(C)CP1(Br)(c2ccccc2)c2ccccc2-c2ccccc21. The third kappa shape index (κ3) is 2.01. The summed E-state index contributed by atoms with van der Waals surface area (Å²) >= 11 is 4.49. The van der Waals surface area contributed by atoms with E-state index in [-0.39, 0.29) is 0 Å². The van der Waals surface area contributed by atoms with Crippen molar-refractivity contribution in [3.8, 4) is 11.1 Å². The minimum absolute atomic E-state index is 0.599. The third-order valence-electron chi connectivity index (χ3n) is 5.11. The van der Waals surface area contributed by atoms with Crippen molar-refractivity contribution in [1.82, 2.24) is 0 Å². The van der Waals surface area contributed by atoms with E-state index in [1.807, 2.05) is 0 Å². The van der Waals surface area contributed by atoms with E-state index in [0.717, 1.165) is 6.16 Å². The summed E-state index contributed by atoms with van der Waals surface area (Å²) in [7, 11) is 0. The number of benzene rings is 3. The molecule has 24 heavy (non-hydrogen) atoms. The van der Waals surface area contributed by atoms with Crippen LogP contribution < -0.4 is 15.9 Å². The molecule has 0 bridgehead atoms. The molecule has 1 aliphatic heterocycles. The Bertz CT molecular complexity index is 853. The Kier molecular flexibility index (Phi) is 3.71. The maximum atomic E-state index is 4.49. The normalized spacial score (nSPS) is 18.4. The molecular weight excluding hydrogens is 375 g/mol. The molecule has 0 aromatic heterocycles. The van der Waals surface area contributed by atoms with Crippen molar-refractivity contribution < 1.29 is 0 Å². The van der Waals surface area contributed by atoms with Gasteiger partial charge < -0.3 is 0 Å². The van der Waals surface area contributed by atoms with Crippen molar-refractivity contribution in [3.63, 3.8) is 0 Å². The second kappa shape index (κ2) is 5.55. The van der Waals surface area contributed by atoms with Gasteiger partial charge in [0.05, 0.1) is 0 Å². The molecule has 0 atom stereocenters. The van der Waals surface area contributed by atoms with Crippen molar-refractivity contribution >= 4 is 36.7 Å². The summed E-state index contributed by atoms with van der Waals surface area (Å²) in [4.78, 5) is 0. The minimum atomic E-state index is -2.61. The van der Waals surface area contributed by atoms with Crippen LogP contribution in [-0.4, -0.2) is 6.16 Å². The average Bonchev–Trinajstić information content (AvgIpc) is 2.84. The third-order valence-corrected chi connectivity index (χ3v) is 15.1. The zero-order chi connectivity index (χ0) is 16.8. The number of halogens is 1. The van der Waals surface area contributed by atoms with Gasteiger partial charge in [-0.2, -0.15) is 0 Å². The van der Waals surface area contributed by atoms with Gasteiger partial charge in [-0.3, -0.25) is 0 Å². The molecule has 0 spiro atoms. The van der Waals surface area contributed by atoms with E-state index in [9.17, 15) is 0 Å². The van der Waals surface area contributed by atoms with Gasteiger partial charge in [0, 0.05) is 0 Å². The van der Waals surface area contributed by atoms with Crippen LogP contribution in [0.1, 0.15) is 13.8 Å². The molecule has 3 aromatic carbocycles. The van der Waals surface area contributed by atoms with Crippen molar-refractivity contribution in [2.45, 2.75) is 13.8 Å². The topological polar surface area (TPSA) is 0 Å². The van der Waals surface area contributed by atoms with Crippen LogP contribution in [0.2, 0.25) is 0 Å². The molecule has 0 saturated carbocycles. The molecule has 0 amide bonds. The number of fused-ring (bicyclic) bond motifs is 3. The van der Waals surface area contributed by atoms with Gasteiger partial charge in [-0.25, -0.2) is 0 Å². The molecule has 0 radical (unpaired) electrons. The summed E-state index contributed by atoms with van der Waals surface area (Å²) < 4.78 is 0. The van der Waals surface area contributed by atoms with E-state index >= 15 is 0 Å². The Labute approximate surface area is 152 Å². The van der Waals surface area contributed by atoms with Gasteiger partial charge in [0.2, 0.25) is 0 Å². The Morgan fingerprint density at radius 1 is 0.708 bits per heavy atom. The molecule has 2 heteroatoms. The van der Waals surface area contributed by atoms with Gasteiger partial charge in [0.15, 0.2) is 0 Å². The van der Waals surface area contributed by atoms with Crippen LogP contribution >= 0.6 is 20.8 Å². The van der Waals surface area contributed by atoms with E-state index in [1.165, 1.54) is 27.0 Å². The molecule has 0 saturated heterocycles. The summed E-state index contributed by atoms with van der Waals surface area (Å²) in [5, 5.41) is 1.81. The molecule has 1 heterocycles. The number of hydrogen-bond acceptors (Lipinski definition) is 0. The summed E-state index contributed by atoms with van der Waals surface area (Å²) in [6.45, 7) is 4.67.